The molecule has 9 heteroatoms. The summed E-state index contributed by atoms with van der Waals surface area (Å²) in [6.45, 7) is 0.910. The van der Waals surface area contributed by atoms with Crippen LogP contribution >= 0.6 is 0 Å². The van der Waals surface area contributed by atoms with E-state index >= 15 is 0 Å². The minimum absolute atomic E-state index is 0.141. The Labute approximate surface area is 109 Å². The molecule has 0 aliphatic carbocycles. The van der Waals surface area contributed by atoms with Gasteiger partial charge in [0.15, 0.2) is 0 Å². The number of carbonyl (C=O) groups excluding carboxylic acids is 1. The Morgan fingerprint density at radius 2 is 2.05 bits per heavy atom. The highest BCUT2D eigenvalue weighted by Crippen LogP contribution is 2.15. The minimum atomic E-state index is -4.07. The van der Waals surface area contributed by atoms with Gasteiger partial charge in [-0.05, 0) is 24.6 Å². The summed E-state index contributed by atoms with van der Waals surface area (Å²) in [4.78, 5) is 27.1. The first-order valence-corrected chi connectivity index (χ1v) is 6.48. The van der Waals surface area contributed by atoms with Gasteiger partial charge in [-0.25, -0.2) is 13.2 Å². The summed E-state index contributed by atoms with van der Waals surface area (Å²) in [5, 5.41) is 8.90. The topological polar surface area (TPSA) is 136 Å². The largest absolute Gasteiger partial charge is 0.478 e. The molecule has 1 aromatic carbocycles. The monoisotopic (exact) mass is 288 g/mol. The van der Waals surface area contributed by atoms with Gasteiger partial charge in [-0.3, -0.25) is 9.63 Å². The number of amides is 1. The van der Waals surface area contributed by atoms with E-state index in [1.54, 1.807) is 4.89 Å². The van der Waals surface area contributed by atoms with Gasteiger partial charge in [0, 0.05) is 0 Å². The Morgan fingerprint density at radius 3 is 2.58 bits per heavy atom. The molecule has 1 rings (SSSR count). The number of aromatic carboxylic acids is 1. The zero-order chi connectivity index (χ0) is 14.6. The molecule has 0 fully saturated rings. The molecule has 0 saturated carbocycles. The zero-order valence-electron chi connectivity index (χ0n) is 9.91. The van der Waals surface area contributed by atoms with Gasteiger partial charge in [0.05, 0.1) is 10.5 Å². The second-order valence-corrected chi connectivity index (χ2v) is 5.27. The van der Waals surface area contributed by atoms with Crippen LogP contribution in [0, 0.1) is 6.92 Å². The van der Waals surface area contributed by atoms with Crippen LogP contribution in [-0.4, -0.2) is 32.0 Å². The molecule has 4 N–H and O–H groups in total. The molecule has 104 valence electrons. The first-order chi connectivity index (χ1) is 8.74. The molecule has 0 bridgehead atoms. The van der Waals surface area contributed by atoms with Crippen molar-refractivity contribution in [2.75, 3.05) is 6.61 Å². The summed E-state index contributed by atoms with van der Waals surface area (Å²) in [6, 6.07) is 3.57. The number of aryl methyl sites for hydroxylation is 1. The van der Waals surface area contributed by atoms with Gasteiger partial charge >= 0.3 is 5.97 Å². The summed E-state index contributed by atoms with van der Waals surface area (Å²) in [5.41, 5.74) is 5.05. The molecule has 0 aromatic heterocycles. The van der Waals surface area contributed by atoms with Gasteiger partial charge < -0.3 is 10.8 Å². The number of carboxylic acid groups (broad SMARTS) is 1. The van der Waals surface area contributed by atoms with Gasteiger partial charge in [-0.2, -0.15) is 0 Å². The first kappa shape index (κ1) is 15.1. The fourth-order valence-corrected chi connectivity index (χ4v) is 2.06. The molecule has 1 amide bonds. The van der Waals surface area contributed by atoms with Crippen LogP contribution < -0.4 is 10.6 Å². The molecule has 1 aromatic rings. The van der Waals surface area contributed by atoms with E-state index in [-0.39, 0.29) is 10.5 Å². The van der Waals surface area contributed by atoms with Crippen molar-refractivity contribution in [3.8, 4) is 0 Å². The fourth-order valence-electron chi connectivity index (χ4n) is 1.22. The number of benzene rings is 1. The fraction of sp³-hybridized carbons (Fsp3) is 0.200. The predicted molar refractivity (Wildman–Crippen MR) is 63.6 cm³/mol. The molecule has 0 radical (unpaired) electrons. The van der Waals surface area contributed by atoms with E-state index in [2.05, 4.69) is 4.84 Å². The van der Waals surface area contributed by atoms with E-state index in [1.165, 1.54) is 19.1 Å². The Hall–Kier alpha value is -1.97. The molecule has 0 aliphatic heterocycles. The Morgan fingerprint density at radius 1 is 1.42 bits per heavy atom. The first-order valence-electron chi connectivity index (χ1n) is 5.00. The number of rotatable bonds is 6. The summed E-state index contributed by atoms with van der Waals surface area (Å²) in [5.74, 6) is -2.09. The van der Waals surface area contributed by atoms with Crippen LogP contribution in [0.15, 0.2) is 23.1 Å². The van der Waals surface area contributed by atoms with Crippen molar-refractivity contribution >= 4 is 21.9 Å². The van der Waals surface area contributed by atoms with Crippen LogP contribution in [0.5, 0.6) is 0 Å². The third kappa shape index (κ3) is 4.02. The third-order valence-corrected chi connectivity index (χ3v) is 3.34. The molecule has 0 aliphatic rings. The van der Waals surface area contributed by atoms with Crippen molar-refractivity contribution < 1.29 is 28.0 Å². The standard InChI is InChI=1S/C10H12N2O6S/c1-6-2-3-7(4-8(6)10(14)15)19(16,17)12-18-5-9(11)13/h2-4,12H,5H2,1H3,(H2,11,13)(H,14,15). The van der Waals surface area contributed by atoms with Gasteiger partial charge in [0.25, 0.3) is 10.0 Å². The lowest BCUT2D eigenvalue weighted by atomic mass is 10.1. The van der Waals surface area contributed by atoms with Crippen LogP contribution in [0.4, 0.5) is 0 Å². The van der Waals surface area contributed by atoms with Crippen molar-refractivity contribution in [1.82, 2.24) is 4.89 Å². The van der Waals surface area contributed by atoms with Crippen molar-refractivity contribution in [1.29, 1.82) is 0 Å². The van der Waals surface area contributed by atoms with E-state index in [4.69, 9.17) is 10.8 Å². The van der Waals surface area contributed by atoms with E-state index in [0.29, 0.717) is 5.56 Å². The molecule has 0 unspecified atom stereocenters. The molecule has 0 atom stereocenters. The zero-order valence-corrected chi connectivity index (χ0v) is 10.7. The molecule has 0 spiro atoms. The van der Waals surface area contributed by atoms with Gasteiger partial charge in [-0.15, -0.1) is 0 Å². The van der Waals surface area contributed by atoms with Crippen molar-refractivity contribution in [2.45, 2.75) is 11.8 Å². The maximum absolute atomic E-state index is 11.7. The maximum Gasteiger partial charge on any atom is 0.335 e. The van der Waals surface area contributed by atoms with Crippen LogP contribution in [0.2, 0.25) is 0 Å². The second-order valence-electron chi connectivity index (χ2n) is 3.62. The number of primary amides is 1. The summed E-state index contributed by atoms with van der Waals surface area (Å²) < 4.78 is 23.4. The minimum Gasteiger partial charge on any atom is -0.478 e. The second kappa shape index (κ2) is 5.78. The Balaban J connectivity index is 2.99. The highest BCUT2D eigenvalue weighted by atomic mass is 32.2. The summed E-state index contributed by atoms with van der Waals surface area (Å²) in [6.07, 6.45) is 0. The van der Waals surface area contributed by atoms with Crippen LogP contribution in [-0.2, 0) is 19.7 Å². The predicted octanol–water partition coefficient (Wildman–Crippen LogP) is -0.612. The van der Waals surface area contributed by atoms with Crippen LogP contribution in [0.25, 0.3) is 0 Å². The van der Waals surface area contributed by atoms with Crippen molar-refractivity contribution in [3.05, 3.63) is 29.3 Å². The van der Waals surface area contributed by atoms with Crippen LogP contribution in [0.3, 0.4) is 0 Å². The quantitative estimate of drug-likeness (QED) is 0.597. The lowest BCUT2D eigenvalue weighted by Gasteiger charge is -2.08. The number of carbonyl (C=O) groups is 2. The number of carboxylic acids is 1. The van der Waals surface area contributed by atoms with Crippen LogP contribution in [0.1, 0.15) is 15.9 Å². The molecule has 0 saturated heterocycles. The molecule has 19 heavy (non-hydrogen) atoms. The van der Waals surface area contributed by atoms with Crippen molar-refractivity contribution in [3.63, 3.8) is 0 Å². The molecular formula is C10H12N2O6S. The number of hydrogen-bond acceptors (Lipinski definition) is 5. The lowest BCUT2D eigenvalue weighted by molar-refractivity contribution is -0.123. The number of nitrogens with two attached hydrogens (primary N) is 1. The number of hydrogen-bond donors (Lipinski definition) is 3. The average Bonchev–Trinajstić information content (AvgIpc) is 2.27. The Bertz CT molecular complexity index is 610. The number of sulfonamides is 1. The number of nitrogens with one attached hydrogen (secondary N) is 1. The normalized spacial score (nSPS) is 11.2. The van der Waals surface area contributed by atoms with E-state index < -0.39 is 28.5 Å². The highest BCUT2D eigenvalue weighted by molar-refractivity contribution is 7.89. The lowest BCUT2D eigenvalue weighted by Crippen LogP contribution is -2.29. The third-order valence-electron chi connectivity index (χ3n) is 2.13. The highest BCUT2D eigenvalue weighted by Gasteiger charge is 2.18. The summed E-state index contributed by atoms with van der Waals surface area (Å²) >= 11 is 0. The van der Waals surface area contributed by atoms with E-state index in [1.807, 2.05) is 0 Å². The summed E-state index contributed by atoms with van der Waals surface area (Å²) in [7, 11) is -4.07. The Kier molecular flexibility index (Phi) is 4.59. The van der Waals surface area contributed by atoms with E-state index in [9.17, 15) is 18.0 Å². The molecule has 8 nitrogen and oxygen atoms in total. The maximum atomic E-state index is 11.7. The van der Waals surface area contributed by atoms with Gasteiger partial charge in [0.1, 0.15) is 6.61 Å². The van der Waals surface area contributed by atoms with E-state index in [0.717, 1.165) is 6.07 Å². The smallest absolute Gasteiger partial charge is 0.335 e. The SMILES string of the molecule is Cc1ccc(S(=O)(=O)NOCC(N)=O)cc1C(=O)O. The van der Waals surface area contributed by atoms with Gasteiger partial charge in [0.2, 0.25) is 5.91 Å². The molecule has 0 heterocycles. The van der Waals surface area contributed by atoms with Crippen molar-refractivity contribution in [2.24, 2.45) is 5.73 Å². The molecular weight excluding hydrogens is 276 g/mol. The van der Waals surface area contributed by atoms with Gasteiger partial charge in [-0.1, -0.05) is 11.0 Å². The average molecular weight is 288 g/mol.